The smallest absolute Gasteiger partial charge is 0 e. The number of hydrogen-bond acceptors (Lipinski definition) is 0. The van der Waals surface area contributed by atoms with E-state index in [0.717, 1.165) is 0 Å². The van der Waals surface area contributed by atoms with Crippen molar-refractivity contribution in [1.82, 2.24) is 0 Å². The van der Waals surface area contributed by atoms with Crippen molar-refractivity contribution in [3.05, 3.63) is 0 Å². The molecule has 0 nitrogen and oxygen atoms in total. The molecule has 4 radical (unpaired) electrons. The molecular weight excluding hydrogens is 175 g/mol. The molecule has 0 spiro atoms. The summed E-state index contributed by atoms with van der Waals surface area (Å²) in [5, 5.41) is 0. The molecule has 0 bridgehead atoms. The zero-order valence-electron chi connectivity index (χ0n) is 1.10. The molecule has 0 aliphatic heterocycles. The molecule has 0 amide bonds. The first-order chi connectivity index (χ1) is 0. The van der Waals surface area contributed by atoms with Gasteiger partial charge in [-0.1, -0.05) is 0 Å². The Bertz CT molecular complexity index is 8.00. The molecule has 0 aromatic heterocycles. The van der Waals surface area contributed by atoms with Gasteiger partial charge in [-0.05, 0) is 0 Å². The minimum absolute atomic E-state index is 0. The zero-order valence-corrected chi connectivity index (χ0v) is 4.04. The average molecular weight is 177 g/mol. The Hall–Kier alpha value is 2.24. The topological polar surface area (TPSA) is 0 Å². The van der Waals surface area contributed by atoms with Crippen molar-refractivity contribution in [3.8, 4) is 0 Å². The van der Waals surface area contributed by atoms with Crippen LogP contribution in [0.4, 0.5) is 0 Å². The van der Waals surface area contributed by atoms with Gasteiger partial charge in [-0.25, -0.2) is 0 Å². The molecule has 0 heterocycles. The Kier molecular flexibility index (Phi) is 161. The fraction of sp³-hybridized carbons (Fsp3) is 0. The van der Waals surface area contributed by atoms with Crippen molar-refractivity contribution in [2.24, 2.45) is 0 Å². The van der Waals surface area contributed by atoms with Crippen LogP contribution in [0.25, 0.3) is 0 Å². The van der Waals surface area contributed by atoms with Gasteiger partial charge in [-0.2, -0.15) is 0 Å². The maximum absolute atomic E-state index is 0. The Morgan fingerprint density at radius 2 is 1.00 bits per heavy atom. The van der Waals surface area contributed by atoms with Crippen LogP contribution >= 0.6 is 9.90 Å². The van der Waals surface area contributed by atoms with E-state index < -0.39 is 0 Å². The van der Waals surface area contributed by atoms with Crippen molar-refractivity contribution >= 4 is 33.0 Å². The van der Waals surface area contributed by atoms with Gasteiger partial charge >= 0.3 is 23.1 Å². The summed E-state index contributed by atoms with van der Waals surface area (Å²) in [7, 11) is 0. The summed E-state index contributed by atoms with van der Waals surface area (Å²) >= 11 is 0. The van der Waals surface area contributed by atoms with E-state index in [2.05, 4.69) is 0 Å². The second-order valence-electron chi connectivity index (χ2n) is 0. The van der Waals surface area contributed by atoms with Gasteiger partial charge in [-0.15, -0.1) is 0 Å². The molecule has 4 heteroatoms. The van der Waals surface area contributed by atoms with Gasteiger partial charge in [0.15, 0.2) is 0 Å². The van der Waals surface area contributed by atoms with Crippen LogP contribution in [0, 0.1) is 0 Å². The minimum Gasteiger partial charge on any atom is 0 e. The van der Waals surface area contributed by atoms with Crippen molar-refractivity contribution in [3.63, 3.8) is 0 Å². The Morgan fingerprint density at radius 3 is 1.00 bits per heavy atom. The molecule has 28 valence electrons. The molecule has 0 aliphatic carbocycles. The summed E-state index contributed by atoms with van der Waals surface area (Å²) in [6, 6.07) is 0. The molecule has 0 unspecified atom stereocenters. The van der Waals surface area contributed by atoms with Crippen LogP contribution < -0.4 is 0 Å². The first kappa shape index (κ1) is 34.2. The maximum Gasteiger partial charge on any atom is 0.316 e. The van der Waals surface area contributed by atoms with Gasteiger partial charge in [0.25, 0.3) is 0 Å². The maximum atomic E-state index is 0. The molecule has 0 saturated heterocycles. The fourth-order valence-corrected chi connectivity index (χ4v) is 0. The minimum atomic E-state index is 0. The molecule has 0 N–H and O–H groups in total. The van der Waals surface area contributed by atoms with E-state index in [1.54, 1.807) is 0 Å². The van der Waals surface area contributed by atoms with Crippen LogP contribution in [0.3, 0.4) is 0 Å². The first-order valence-electron chi connectivity index (χ1n) is 0. The second-order valence-corrected chi connectivity index (χ2v) is 0. The van der Waals surface area contributed by atoms with Crippen LogP contribution in [0.15, 0.2) is 0 Å². The molecule has 0 aliphatic rings. The monoisotopic (exact) mass is 176 g/mol. The van der Waals surface area contributed by atoms with Crippen LogP contribution in [0.2, 0.25) is 0 Å². The summed E-state index contributed by atoms with van der Waals surface area (Å²) in [6.45, 7) is 0. The van der Waals surface area contributed by atoms with E-state index >= 15 is 0 Å². The van der Waals surface area contributed by atoms with Crippen LogP contribution in [0.1, 0.15) is 0 Å². The van der Waals surface area contributed by atoms with E-state index in [9.17, 15) is 0 Å². The summed E-state index contributed by atoms with van der Waals surface area (Å²) in [5.74, 6) is 0. The molecule has 0 aromatic carbocycles. The van der Waals surface area contributed by atoms with Crippen molar-refractivity contribution in [1.29, 1.82) is 0 Å². The summed E-state index contributed by atoms with van der Waals surface area (Å²) in [5.41, 5.74) is 0. The fourth-order valence-electron chi connectivity index (χ4n) is 0. The van der Waals surface area contributed by atoms with E-state index in [0.29, 0.717) is 0 Å². The predicted octanol–water partition coefficient (Wildman–Crippen LogP) is -0.0600. The Labute approximate surface area is 66.6 Å². The SMILES string of the molecule is [Cu].[Fe].[MgH2].[P]. The molecule has 0 rings (SSSR count). The zero-order chi connectivity index (χ0) is 0. The normalized spacial score (nSPS) is 0. The van der Waals surface area contributed by atoms with Crippen molar-refractivity contribution < 1.29 is 34.1 Å². The quantitative estimate of drug-likeness (QED) is 0.359. The number of rotatable bonds is 0. The van der Waals surface area contributed by atoms with Crippen LogP contribution in [-0.4, -0.2) is 23.1 Å². The van der Waals surface area contributed by atoms with E-state index in [-0.39, 0.29) is 67.1 Å². The van der Waals surface area contributed by atoms with Crippen LogP contribution in [0.5, 0.6) is 0 Å². The van der Waals surface area contributed by atoms with Gasteiger partial charge in [0.05, 0.1) is 0 Å². The van der Waals surface area contributed by atoms with Gasteiger partial charge in [-0.3, -0.25) is 0 Å². The number of hydrogen-bond donors (Lipinski definition) is 0. The third-order valence-corrected chi connectivity index (χ3v) is 0. The van der Waals surface area contributed by atoms with E-state index in [1.165, 1.54) is 0 Å². The summed E-state index contributed by atoms with van der Waals surface area (Å²) < 4.78 is 0. The Morgan fingerprint density at radius 1 is 1.00 bits per heavy atom. The third kappa shape index (κ3) is 8.87. The first-order valence-corrected chi connectivity index (χ1v) is 0. The van der Waals surface area contributed by atoms with Gasteiger partial charge < -0.3 is 0 Å². The second kappa shape index (κ2) is 18.8. The van der Waals surface area contributed by atoms with Gasteiger partial charge in [0.1, 0.15) is 0 Å². The standard InChI is InChI=1S/Cu.Fe.Mg.P.2H. The molecule has 0 fully saturated rings. The molecule has 0 saturated carbocycles. The van der Waals surface area contributed by atoms with Crippen LogP contribution in [-0.2, 0) is 34.1 Å². The third-order valence-electron chi connectivity index (χ3n) is 0. The summed E-state index contributed by atoms with van der Waals surface area (Å²) in [4.78, 5) is 0. The van der Waals surface area contributed by atoms with Gasteiger partial charge in [0, 0.05) is 44.0 Å². The Balaban J connectivity index is 0. The molecule has 4 heavy (non-hydrogen) atoms. The predicted molar refractivity (Wildman–Crippen MR) is 15.5 cm³/mol. The average Bonchev–Trinajstić information content (AvgIpc) is 0. The van der Waals surface area contributed by atoms with E-state index in [1.807, 2.05) is 0 Å². The van der Waals surface area contributed by atoms with E-state index in [4.69, 9.17) is 0 Å². The van der Waals surface area contributed by atoms with Crippen molar-refractivity contribution in [2.45, 2.75) is 0 Å². The summed E-state index contributed by atoms with van der Waals surface area (Å²) in [6.07, 6.45) is 0. The molecule has 0 aromatic rings. The largest absolute Gasteiger partial charge is 0.316 e. The van der Waals surface area contributed by atoms with Gasteiger partial charge in [0.2, 0.25) is 0 Å². The molecule has 0 atom stereocenters. The van der Waals surface area contributed by atoms with Crippen molar-refractivity contribution in [2.75, 3.05) is 0 Å². The molecular formula is H2CuFeMgP.